The van der Waals surface area contributed by atoms with Crippen molar-refractivity contribution in [1.82, 2.24) is 23.1 Å². The number of pyridine rings is 1. The van der Waals surface area contributed by atoms with Crippen LogP contribution in [0.25, 0.3) is 55.1 Å². The molecule has 3 aliphatic heterocycles. The largest absolute Gasteiger partial charge is 0.509 e. The van der Waals surface area contributed by atoms with Gasteiger partial charge in [0.25, 0.3) is 0 Å². The van der Waals surface area contributed by atoms with Crippen LogP contribution in [-0.2, 0) is 43.7 Å². The van der Waals surface area contributed by atoms with E-state index in [1.807, 2.05) is 92.1 Å². The molecule has 2 atom stereocenters. The minimum Gasteiger partial charge on any atom is -0.509 e. The third-order valence-electron chi connectivity index (χ3n) is 14.5. The molecule has 2 bridgehead atoms. The Kier molecular flexibility index (Phi) is 8.85. The normalized spacial score (nSPS) is 19.9. The first-order valence-electron chi connectivity index (χ1n) is 29.8. The number of hydrogen-bond acceptors (Lipinski definition) is 2. The Hall–Kier alpha value is -6.30. The fraction of sp³-hybridized carbons (Fsp3) is 0.273. The molecule has 0 saturated carbocycles. The Bertz CT molecular complexity index is 4290. The molecular formula is C66H66N5OPt-. The van der Waals surface area contributed by atoms with Gasteiger partial charge >= 0.3 is 0 Å². The summed E-state index contributed by atoms with van der Waals surface area (Å²) >= 11 is 0. The molecule has 13 rings (SSSR count). The zero-order valence-electron chi connectivity index (χ0n) is 53.6. The van der Waals surface area contributed by atoms with Gasteiger partial charge in [-0.1, -0.05) is 173 Å². The molecule has 7 aromatic carbocycles. The van der Waals surface area contributed by atoms with Crippen molar-refractivity contribution in [3.63, 3.8) is 0 Å². The predicted octanol–water partition coefficient (Wildman–Crippen LogP) is 17.5. The first-order valence-corrected chi connectivity index (χ1v) is 24.8. The number of fused-ring (bicyclic) bond motifs is 6. The van der Waals surface area contributed by atoms with Crippen molar-refractivity contribution in [2.24, 2.45) is 5.41 Å². The summed E-state index contributed by atoms with van der Waals surface area (Å²) in [5.41, 5.74) is 7.81. The number of nitrogens with zero attached hydrogens (tertiary/aromatic N) is 5. The molecule has 0 unspecified atom stereocenters. The van der Waals surface area contributed by atoms with Crippen molar-refractivity contribution in [3.05, 3.63) is 193 Å². The fourth-order valence-corrected chi connectivity index (χ4v) is 10.9. The fourth-order valence-electron chi connectivity index (χ4n) is 10.9. The predicted molar refractivity (Wildman–Crippen MR) is 301 cm³/mol. The molecule has 3 aliphatic rings. The van der Waals surface area contributed by atoms with Gasteiger partial charge in [-0.25, -0.2) is 4.98 Å². The van der Waals surface area contributed by atoms with Gasteiger partial charge in [0.1, 0.15) is 11.5 Å². The summed E-state index contributed by atoms with van der Waals surface area (Å²) in [6.45, 7) is 28.4. The van der Waals surface area contributed by atoms with E-state index in [9.17, 15) is 8.22 Å². The van der Waals surface area contributed by atoms with Gasteiger partial charge in [-0.15, -0.1) is 24.3 Å². The number of hydrogen-bond donors (Lipinski definition) is 0. The van der Waals surface area contributed by atoms with Crippen LogP contribution in [0.2, 0.25) is 0 Å². The van der Waals surface area contributed by atoms with Crippen molar-refractivity contribution in [2.75, 3.05) is 6.67 Å². The summed E-state index contributed by atoms with van der Waals surface area (Å²) < 4.78 is 104. The van der Waals surface area contributed by atoms with Gasteiger partial charge in [0.15, 0.2) is 18.0 Å². The number of quaternary nitrogens is 2. The monoisotopic (exact) mass is 1150 g/mol. The van der Waals surface area contributed by atoms with Crippen LogP contribution in [0.5, 0.6) is 11.5 Å². The van der Waals surface area contributed by atoms with E-state index in [0.717, 1.165) is 39.2 Å². The molecule has 10 aromatic rings. The minimum absolute atomic E-state index is 0. The molecule has 1 fully saturated rings. The van der Waals surface area contributed by atoms with Gasteiger partial charge in [0, 0.05) is 87.2 Å². The molecule has 0 spiro atoms. The summed E-state index contributed by atoms with van der Waals surface area (Å²) in [5, 5.41) is 1.20. The summed E-state index contributed by atoms with van der Waals surface area (Å²) in [4.78, 5) is 4.93. The topological polar surface area (TPSA) is 32.0 Å². The Morgan fingerprint density at radius 1 is 0.630 bits per heavy atom. The van der Waals surface area contributed by atoms with Crippen molar-refractivity contribution in [1.29, 1.82) is 0 Å². The Morgan fingerprint density at radius 3 is 1.90 bits per heavy atom. The maximum Gasteiger partial charge on any atom is 0.184 e. The van der Waals surface area contributed by atoms with Gasteiger partial charge in [-0.3, -0.25) is 4.48 Å². The van der Waals surface area contributed by atoms with E-state index in [4.69, 9.17) is 15.2 Å². The Labute approximate surface area is 460 Å². The number of para-hydroxylation sites is 4. The Balaban J connectivity index is 0.00000721. The first kappa shape index (κ1) is 38.3. The van der Waals surface area contributed by atoms with E-state index in [-0.39, 0.29) is 69.3 Å². The van der Waals surface area contributed by atoms with Crippen LogP contribution >= 0.6 is 0 Å². The van der Waals surface area contributed by atoms with Crippen LogP contribution < -0.4 is 13.7 Å². The zero-order chi connectivity index (χ0) is 59.1. The molecule has 0 amide bonds. The number of benzene rings is 7. The summed E-state index contributed by atoms with van der Waals surface area (Å²) in [7, 11) is 0. The number of rotatable bonds is 7. The van der Waals surface area contributed by atoms with Crippen molar-refractivity contribution in [2.45, 2.75) is 106 Å². The molecule has 7 heteroatoms. The van der Waals surface area contributed by atoms with E-state index >= 15 is 0 Å². The second-order valence-electron chi connectivity index (χ2n) is 23.8. The smallest absolute Gasteiger partial charge is 0.184 e. The van der Waals surface area contributed by atoms with Crippen molar-refractivity contribution >= 4 is 66.4 Å². The van der Waals surface area contributed by atoms with Crippen LogP contribution in [0.1, 0.15) is 119 Å². The van der Waals surface area contributed by atoms with Gasteiger partial charge < -0.3 is 18.4 Å². The zero-order valence-corrected chi connectivity index (χ0v) is 45.8. The molecule has 3 aromatic heterocycles. The minimum atomic E-state index is -1.73. The molecule has 6 heterocycles. The molecule has 73 heavy (non-hydrogen) atoms. The van der Waals surface area contributed by atoms with Crippen molar-refractivity contribution < 1.29 is 39.5 Å². The summed E-state index contributed by atoms with van der Waals surface area (Å²) in [6, 6.07) is 35.6. The molecule has 0 radical (unpaired) electrons. The second kappa shape index (κ2) is 16.9. The quantitative estimate of drug-likeness (QED) is 0.118. The first-order chi connectivity index (χ1) is 38.2. The van der Waals surface area contributed by atoms with E-state index in [2.05, 4.69) is 105 Å². The third-order valence-corrected chi connectivity index (χ3v) is 14.5. The SMILES string of the molecule is [2H]c1c([2H])c([2H])c2c(c1[2H])c1c([2H])c([2H])c([2H])c([2H])c1n2-c1cc(Oc2[c-]c([N@@+]34[CH-][N@@+](c5cc(C(C)(C)C)cc(C(C)(C)C)c5)(C3)c3c(C([2H])([2H])C(C)(C)C)cccc34)ccc2)[c-]c2c1c1ccccc1n2-c1cc(C(C)(C)C)ccn1.[Pt]. The number of aromatic nitrogens is 3. The van der Waals surface area contributed by atoms with Crippen LogP contribution in [0.15, 0.2) is 152 Å². The maximum absolute atomic E-state index is 9.82. The van der Waals surface area contributed by atoms with Gasteiger partial charge in [0.05, 0.1) is 28.7 Å². The van der Waals surface area contributed by atoms with Crippen LogP contribution in [0.4, 0.5) is 22.7 Å². The molecule has 0 N–H and O–H groups in total. The van der Waals surface area contributed by atoms with Crippen molar-refractivity contribution in [3.8, 4) is 23.0 Å². The third kappa shape index (κ3) is 7.90. The molecule has 0 aliphatic carbocycles. The molecule has 6 nitrogen and oxygen atoms in total. The standard InChI is InChI=1S/C66H66N5O.Pt/c1-63(2,3)40-43-21-19-30-59-62(43)71(48-34-45(65(7,8)9)33-46(35-48)66(10,11)12)41-70(59,42-71)47-22-20-23-49(37-47)72-50-38-57(68-54-27-16-13-24-51(54)52-25-14-17-28-55(52)68)61-53-26-15-18-29-56(53)69(58(61)39-50)60-36-44(31-32-67-60)64(4,5)6;/h13-36,38,41H,40,42H2,1-12H3;/q-1;/t70-,71+;/m1./s1/i13D,14D,16D,17D,24D,25D,27D,28D,40D2;. The van der Waals surface area contributed by atoms with E-state index in [0.29, 0.717) is 44.9 Å². The average molecular weight is 1150 g/mol. The second-order valence-corrected chi connectivity index (χ2v) is 23.8. The van der Waals surface area contributed by atoms with Gasteiger partial charge in [0.2, 0.25) is 0 Å². The van der Waals surface area contributed by atoms with Gasteiger partial charge in [-0.05, 0) is 86.1 Å². The van der Waals surface area contributed by atoms with Crippen LogP contribution in [0.3, 0.4) is 0 Å². The summed E-state index contributed by atoms with van der Waals surface area (Å²) in [6.07, 6.45) is 0.0354. The van der Waals surface area contributed by atoms with Crippen LogP contribution in [-0.4, -0.2) is 20.8 Å². The van der Waals surface area contributed by atoms with E-state index in [1.54, 1.807) is 16.8 Å². The molecule has 1 saturated heterocycles. The van der Waals surface area contributed by atoms with E-state index in [1.165, 1.54) is 11.1 Å². The van der Waals surface area contributed by atoms with Crippen LogP contribution in [0, 0.1) is 24.2 Å². The van der Waals surface area contributed by atoms with E-state index < -0.39 is 60.1 Å². The average Bonchev–Trinajstić information content (AvgIpc) is 1.52. The summed E-state index contributed by atoms with van der Waals surface area (Å²) in [5.74, 6) is 1.08. The Morgan fingerprint density at radius 2 is 1.26 bits per heavy atom. The molecular weight excluding hydrogens is 1070 g/mol. The molecule has 372 valence electrons. The van der Waals surface area contributed by atoms with Gasteiger partial charge in [-0.2, -0.15) is 6.07 Å². The number of ether oxygens (including phenoxy) is 1. The maximum atomic E-state index is 9.82.